The lowest BCUT2D eigenvalue weighted by Gasteiger charge is -2.35. The molecule has 0 amide bonds. The molecule has 1 N–H and O–H groups in total. The SMILES string of the molecule is CNC1CC(n2cc(N3CCOCC3)c(C3CC3)n2)C1. The molecule has 3 fully saturated rings. The van der Waals surface area contributed by atoms with Gasteiger partial charge in [0.25, 0.3) is 0 Å². The van der Waals surface area contributed by atoms with Crippen LogP contribution in [0.2, 0.25) is 0 Å². The fraction of sp³-hybridized carbons (Fsp3) is 0.800. The summed E-state index contributed by atoms with van der Waals surface area (Å²) in [6, 6.07) is 1.28. The van der Waals surface area contributed by atoms with Gasteiger partial charge in [-0.1, -0.05) is 0 Å². The minimum absolute atomic E-state index is 0.597. The molecule has 5 nitrogen and oxygen atoms in total. The lowest BCUT2D eigenvalue weighted by Crippen LogP contribution is -2.40. The Bertz CT molecular complexity index is 470. The van der Waals surface area contributed by atoms with E-state index in [1.165, 1.54) is 37.1 Å². The van der Waals surface area contributed by atoms with E-state index in [0.29, 0.717) is 18.0 Å². The van der Waals surface area contributed by atoms with Crippen molar-refractivity contribution in [2.75, 3.05) is 38.3 Å². The zero-order chi connectivity index (χ0) is 13.5. The second kappa shape index (κ2) is 5.04. The van der Waals surface area contributed by atoms with E-state index < -0.39 is 0 Å². The molecule has 0 aromatic carbocycles. The minimum Gasteiger partial charge on any atom is -0.378 e. The van der Waals surface area contributed by atoms with Crippen LogP contribution in [-0.4, -0.2) is 49.2 Å². The van der Waals surface area contributed by atoms with Crippen molar-refractivity contribution < 1.29 is 4.74 Å². The molecule has 0 atom stereocenters. The Balaban J connectivity index is 1.55. The summed E-state index contributed by atoms with van der Waals surface area (Å²) in [5, 5.41) is 8.30. The largest absolute Gasteiger partial charge is 0.378 e. The number of nitrogens with zero attached hydrogens (tertiary/aromatic N) is 3. The molecule has 1 aliphatic heterocycles. The maximum atomic E-state index is 5.48. The molecule has 1 saturated heterocycles. The van der Waals surface area contributed by atoms with Crippen LogP contribution in [0.3, 0.4) is 0 Å². The van der Waals surface area contributed by atoms with Crippen molar-refractivity contribution >= 4 is 5.69 Å². The number of morpholine rings is 1. The highest BCUT2D eigenvalue weighted by atomic mass is 16.5. The molecule has 0 unspecified atom stereocenters. The summed E-state index contributed by atoms with van der Waals surface area (Å²) in [5.41, 5.74) is 2.73. The number of hydrogen-bond donors (Lipinski definition) is 1. The number of anilines is 1. The molecule has 3 aliphatic rings. The van der Waals surface area contributed by atoms with Crippen LogP contribution in [0, 0.1) is 0 Å². The van der Waals surface area contributed by atoms with Gasteiger partial charge in [-0.05, 0) is 32.7 Å². The smallest absolute Gasteiger partial charge is 0.0888 e. The van der Waals surface area contributed by atoms with Crippen molar-refractivity contribution in [1.29, 1.82) is 0 Å². The van der Waals surface area contributed by atoms with Crippen molar-refractivity contribution in [2.45, 2.75) is 43.7 Å². The highest BCUT2D eigenvalue weighted by Crippen LogP contribution is 2.45. The number of aromatic nitrogens is 2. The topological polar surface area (TPSA) is 42.3 Å². The Morgan fingerprint density at radius 3 is 2.65 bits per heavy atom. The molecule has 0 radical (unpaired) electrons. The van der Waals surface area contributed by atoms with Gasteiger partial charge in [0.1, 0.15) is 0 Å². The van der Waals surface area contributed by atoms with Crippen molar-refractivity contribution in [3.8, 4) is 0 Å². The number of ether oxygens (including phenoxy) is 1. The predicted molar refractivity (Wildman–Crippen MR) is 78.4 cm³/mol. The molecule has 110 valence electrons. The zero-order valence-electron chi connectivity index (χ0n) is 12.2. The molecule has 1 aromatic heterocycles. The van der Waals surface area contributed by atoms with Gasteiger partial charge in [0.2, 0.25) is 0 Å². The first kappa shape index (κ1) is 12.7. The van der Waals surface area contributed by atoms with Gasteiger partial charge in [0.15, 0.2) is 0 Å². The fourth-order valence-electron chi connectivity index (χ4n) is 3.32. The molecule has 1 aromatic rings. The normalized spacial score (nSPS) is 30.4. The molecule has 5 heteroatoms. The first-order valence-electron chi connectivity index (χ1n) is 7.94. The highest BCUT2D eigenvalue weighted by molar-refractivity contribution is 5.52. The van der Waals surface area contributed by atoms with Crippen molar-refractivity contribution in [2.24, 2.45) is 0 Å². The van der Waals surface area contributed by atoms with Gasteiger partial charge in [-0.2, -0.15) is 5.10 Å². The summed E-state index contributed by atoms with van der Waals surface area (Å²) >= 11 is 0. The van der Waals surface area contributed by atoms with Crippen molar-refractivity contribution in [3.05, 3.63) is 11.9 Å². The first-order chi connectivity index (χ1) is 9.85. The average molecular weight is 276 g/mol. The summed E-state index contributed by atoms with van der Waals surface area (Å²) in [5.74, 6) is 0.717. The highest BCUT2D eigenvalue weighted by Gasteiger charge is 2.35. The Hall–Kier alpha value is -1.07. The molecule has 2 aliphatic carbocycles. The fourth-order valence-corrected chi connectivity index (χ4v) is 3.32. The van der Waals surface area contributed by atoms with E-state index in [0.717, 1.165) is 26.3 Å². The number of rotatable bonds is 4. The summed E-state index contributed by atoms with van der Waals surface area (Å²) in [6.45, 7) is 3.71. The lowest BCUT2D eigenvalue weighted by molar-refractivity contribution is 0.122. The molecule has 2 saturated carbocycles. The maximum Gasteiger partial charge on any atom is 0.0888 e. The quantitative estimate of drug-likeness (QED) is 0.905. The van der Waals surface area contributed by atoms with E-state index in [4.69, 9.17) is 9.84 Å². The van der Waals surface area contributed by atoms with E-state index >= 15 is 0 Å². The molecular formula is C15H24N4O. The Kier molecular flexibility index (Phi) is 3.19. The van der Waals surface area contributed by atoms with Crippen molar-refractivity contribution in [1.82, 2.24) is 15.1 Å². The minimum atomic E-state index is 0.597. The summed E-state index contributed by atoms with van der Waals surface area (Å²) in [7, 11) is 2.05. The van der Waals surface area contributed by atoms with E-state index in [-0.39, 0.29) is 0 Å². The van der Waals surface area contributed by atoms with Gasteiger partial charge >= 0.3 is 0 Å². The Labute approximate surface area is 120 Å². The van der Waals surface area contributed by atoms with E-state index in [1.807, 2.05) is 0 Å². The van der Waals surface area contributed by atoms with Crippen LogP contribution in [-0.2, 0) is 4.74 Å². The van der Waals surface area contributed by atoms with Gasteiger partial charge in [-0.3, -0.25) is 4.68 Å². The zero-order valence-corrected chi connectivity index (χ0v) is 12.2. The monoisotopic (exact) mass is 276 g/mol. The predicted octanol–water partition coefficient (Wildman–Crippen LogP) is 1.52. The molecule has 0 spiro atoms. The molecule has 20 heavy (non-hydrogen) atoms. The van der Waals surface area contributed by atoms with Crippen LogP contribution in [0.5, 0.6) is 0 Å². The van der Waals surface area contributed by atoms with Gasteiger partial charge in [0.05, 0.1) is 30.6 Å². The average Bonchev–Trinajstić information content (AvgIpc) is 3.19. The molecule has 2 heterocycles. The third-order valence-corrected chi connectivity index (χ3v) is 4.95. The second-order valence-corrected chi connectivity index (χ2v) is 6.36. The summed E-state index contributed by atoms with van der Waals surface area (Å²) in [4.78, 5) is 2.47. The van der Waals surface area contributed by atoms with E-state index in [2.05, 4.69) is 28.1 Å². The third-order valence-electron chi connectivity index (χ3n) is 4.95. The van der Waals surface area contributed by atoms with Gasteiger partial charge < -0.3 is 15.0 Å². The Morgan fingerprint density at radius 1 is 1.25 bits per heavy atom. The second-order valence-electron chi connectivity index (χ2n) is 6.36. The van der Waals surface area contributed by atoms with Crippen LogP contribution in [0.4, 0.5) is 5.69 Å². The standard InChI is InChI=1S/C15H24N4O/c1-16-12-8-13(9-12)19-10-14(15(17-19)11-2-3-11)18-4-6-20-7-5-18/h10-13,16H,2-9H2,1H3. The van der Waals surface area contributed by atoms with Gasteiger partial charge in [0, 0.05) is 31.2 Å². The lowest BCUT2D eigenvalue weighted by atomic mass is 9.87. The molecule has 0 bridgehead atoms. The van der Waals surface area contributed by atoms with Crippen LogP contribution in [0.15, 0.2) is 6.20 Å². The maximum absolute atomic E-state index is 5.48. The summed E-state index contributed by atoms with van der Waals surface area (Å²) < 4.78 is 7.72. The van der Waals surface area contributed by atoms with Crippen molar-refractivity contribution in [3.63, 3.8) is 0 Å². The number of hydrogen-bond acceptors (Lipinski definition) is 4. The third kappa shape index (κ3) is 2.23. The Morgan fingerprint density at radius 2 is 2.00 bits per heavy atom. The van der Waals surface area contributed by atoms with Crippen LogP contribution >= 0.6 is 0 Å². The molecular weight excluding hydrogens is 252 g/mol. The van der Waals surface area contributed by atoms with Gasteiger partial charge in [-0.15, -0.1) is 0 Å². The van der Waals surface area contributed by atoms with E-state index in [9.17, 15) is 0 Å². The molecule has 4 rings (SSSR count). The van der Waals surface area contributed by atoms with E-state index in [1.54, 1.807) is 0 Å². The van der Waals surface area contributed by atoms with Gasteiger partial charge in [-0.25, -0.2) is 0 Å². The number of nitrogens with one attached hydrogen (secondary N) is 1. The van der Waals surface area contributed by atoms with Crippen LogP contribution < -0.4 is 10.2 Å². The van der Waals surface area contributed by atoms with Crippen LogP contribution in [0.1, 0.15) is 43.3 Å². The first-order valence-corrected chi connectivity index (χ1v) is 7.94. The summed E-state index contributed by atoms with van der Waals surface area (Å²) in [6.07, 6.45) is 7.36. The van der Waals surface area contributed by atoms with Crippen LogP contribution in [0.25, 0.3) is 0 Å².